The zero-order valence-electron chi connectivity index (χ0n) is 7.42. The smallest absolute Gasteiger partial charge is 0.0715 e. The molecule has 12 heavy (non-hydrogen) atoms. The summed E-state index contributed by atoms with van der Waals surface area (Å²) in [4.78, 5) is 0. The maximum absolute atomic E-state index is 5.08. The minimum Gasteiger partial charge on any atom is -0.380 e. The highest BCUT2D eigenvalue weighted by Crippen LogP contribution is 2.10. The third kappa shape index (κ3) is 2.21. The molecule has 1 rings (SSSR count). The van der Waals surface area contributed by atoms with Gasteiger partial charge in [-0.2, -0.15) is 0 Å². The molecule has 1 heteroatoms. The summed E-state index contributed by atoms with van der Waals surface area (Å²) in [6.45, 7) is 4.40. The van der Waals surface area contributed by atoms with Crippen LogP contribution >= 0.6 is 0 Å². The van der Waals surface area contributed by atoms with Crippen LogP contribution in [0.2, 0.25) is 0 Å². The maximum Gasteiger partial charge on any atom is 0.0715 e. The number of methoxy groups -OCH3 is 1. The fraction of sp³-hybridized carbons (Fsp3) is 0.273. The first-order valence-electron chi connectivity index (χ1n) is 4.05. The summed E-state index contributed by atoms with van der Waals surface area (Å²) in [5.41, 5.74) is 2.55. The van der Waals surface area contributed by atoms with Gasteiger partial charge < -0.3 is 4.74 Å². The van der Waals surface area contributed by atoms with Crippen LogP contribution < -0.4 is 0 Å². The molecule has 0 amide bonds. The molecule has 0 saturated carbocycles. The van der Waals surface area contributed by atoms with Crippen molar-refractivity contribution < 1.29 is 4.74 Å². The van der Waals surface area contributed by atoms with E-state index in [-0.39, 0.29) is 0 Å². The molecule has 1 aromatic rings. The Balaban J connectivity index is 2.83. The van der Waals surface area contributed by atoms with Crippen LogP contribution in [0, 0.1) is 0 Å². The van der Waals surface area contributed by atoms with Gasteiger partial charge >= 0.3 is 0 Å². The van der Waals surface area contributed by atoms with Crippen LogP contribution in [0.5, 0.6) is 0 Å². The number of rotatable bonds is 4. The van der Waals surface area contributed by atoms with Crippen LogP contribution in [0.4, 0.5) is 0 Å². The van der Waals surface area contributed by atoms with E-state index < -0.39 is 0 Å². The molecular weight excluding hydrogens is 148 g/mol. The van der Waals surface area contributed by atoms with Crippen LogP contribution in [0.25, 0.3) is 0 Å². The predicted molar refractivity (Wildman–Crippen MR) is 51.1 cm³/mol. The molecule has 0 aliphatic carbocycles. The highest BCUT2D eigenvalue weighted by atomic mass is 16.5. The zero-order chi connectivity index (χ0) is 8.81. The summed E-state index contributed by atoms with van der Waals surface area (Å²) in [6.07, 6.45) is 2.83. The third-order valence-corrected chi connectivity index (χ3v) is 1.78. The summed E-state index contributed by atoms with van der Waals surface area (Å²) in [5.74, 6) is 0. The van der Waals surface area contributed by atoms with Gasteiger partial charge in [0.2, 0.25) is 0 Å². The van der Waals surface area contributed by atoms with Gasteiger partial charge in [0.05, 0.1) is 6.61 Å². The SMILES string of the molecule is C=CCc1ccccc1COC. The summed E-state index contributed by atoms with van der Waals surface area (Å²) >= 11 is 0. The number of allylic oxidation sites excluding steroid dienone is 1. The molecule has 0 N–H and O–H groups in total. The van der Waals surface area contributed by atoms with E-state index in [1.54, 1.807) is 7.11 Å². The van der Waals surface area contributed by atoms with Gasteiger partial charge in [0.1, 0.15) is 0 Å². The molecule has 0 aliphatic rings. The minimum absolute atomic E-state index is 0.685. The molecule has 0 atom stereocenters. The highest BCUT2D eigenvalue weighted by Gasteiger charge is 1.97. The molecule has 0 heterocycles. The van der Waals surface area contributed by atoms with Gasteiger partial charge in [0.25, 0.3) is 0 Å². The second kappa shape index (κ2) is 4.73. The first kappa shape index (κ1) is 9.01. The lowest BCUT2D eigenvalue weighted by Gasteiger charge is -2.05. The van der Waals surface area contributed by atoms with Gasteiger partial charge in [-0.15, -0.1) is 6.58 Å². The average molecular weight is 162 g/mol. The molecule has 0 fully saturated rings. The molecule has 0 saturated heterocycles. The van der Waals surface area contributed by atoms with Gasteiger partial charge in [-0.25, -0.2) is 0 Å². The van der Waals surface area contributed by atoms with Crippen molar-refractivity contribution in [2.24, 2.45) is 0 Å². The van der Waals surface area contributed by atoms with Crippen molar-refractivity contribution in [3.05, 3.63) is 48.0 Å². The Kier molecular flexibility index (Phi) is 3.55. The van der Waals surface area contributed by atoms with Gasteiger partial charge in [-0.1, -0.05) is 30.3 Å². The summed E-state index contributed by atoms with van der Waals surface area (Å²) in [5, 5.41) is 0. The largest absolute Gasteiger partial charge is 0.380 e. The van der Waals surface area contributed by atoms with Crippen molar-refractivity contribution in [3.8, 4) is 0 Å². The standard InChI is InChI=1S/C11H14O/c1-3-6-10-7-4-5-8-11(10)9-12-2/h3-5,7-8H,1,6,9H2,2H3. The topological polar surface area (TPSA) is 9.23 Å². The van der Waals surface area contributed by atoms with Crippen LogP contribution in [-0.4, -0.2) is 7.11 Å². The van der Waals surface area contributed by atoms with Crippen molar-refractivity contribution in [1.82, 2.24) is 0 Å². The summed E-state index contributed by atoms with van der Waals surface area (Å²) in [7, 11) is 1.71. The minimum atomic E-state index is 0.685. The lowest BCUT2D eigenvalue weighted by molar-refractivity contribution is 0.184. The van der Waals surface area contributed by atoms with Gasteiger partial charge in [0, 0.05) is 7.11 Å². The predicted octanol–water partition coefficient (Wildman–Crippen LogP) is 2.56. The number of hydrogen-bond donors (Lipinski definition) is 0. The van der Waals surface area contributed by atoms with Gasteiger partial charge in [0.15, 0.2) is 0 Å². The normalized spacial score (nSPS) is 9.75. The molecule has 64 valence electrons. The van der Waals surface area contributed by atoms with Gasteiger partial charge in [-0.3, -0.25) is 0 Å². The second-order valence-electron chi connectivity index (χ2n) is 2.69. The molecule has 0 radical (unpaired) electrons. The van der Waals surface area contributed by atoms with Crippen LogP contribution in [0.3, 0.4) is 0 Å². The Hall–Kier alpha value is -1.08. The fourth-order valence-electron chi connectivity index (χ4n) is 1.21. The first-order chi connectivity index (χ1) is 5.88. The van der Waals surface area contributed by atoms with E-state index in [2.05, 4.69) is 18.7 Å². The van der Waals surface area contributed by atoms with Crippen molar-refractivity contribution in [2.45, 2.75) is 13.0 Å². The molecule has 1 nitrogen and oxygen atoms in total. The van der Waals surface area contributed by atoms with E-state index in [1.165, 1.54) is 11.1 Å². The van der Waals surface area contributed by atoms with E-state index in [1.807, 2.05) is 18.2 Å². The van der Waals surface area contributed by atoms with Crippen LogP contribution in [0.1, 0.15) is 11.1 Å². The molecule has 0 aliphatic heterocycles. The fourth-order valence-corrected chi connectivity index (χ4v) is 1.21. The van der Waals surface area contributed by atoms with E-state index in [4.69, 9.17) is 4.74 Å². The van der Waals surface area contributed by atoms with E-state index in [9.17, 15) is 0 Å². The van der Waals surface area contributed by atoms with E-state index in [0.717, 1.165) is 6.42 Å². The monoisotopic (exact) mass is 162 g/mol. The molecular formula is C11H14O. The lowest BCUT2D eigenvalue weighted by atomic mass is 10.1. The van der Waals surface area contributed by atoms with Crippen LogP contribution in [0.15, 0.2) is 36.9 Å². The lowest BCUT2D eigenvalue weighted by Crippen LogP contribution is -1.93. The van der Waals surface area contributed by atoms with Crippen molar-refractivity contribution >= 4 is 0 Å². The Labute approximate surface area is 73.7 Å². The Morgan fingerprint density at radius 1 is 1.33 bits per heavy atom. The summed E-state index contributed by atoms with van der Waals surface area (Å²) < 4.78 is 5.08. The Morgan fingerprint density at radius 2 is 2.00 bits per heavy atom. The number of hydrogen-bond acceptors (Lipinski definition) is 1. The highest BCUT2D eigenvalue weighted by molar-refractivity contribution is 5.28. The Bertz CT molecular complexity index is 253. The summed E-state index contributed by atoms with van der Waals surface area (Å²) in [6, 6.07) is 8.26. The zero-order valence-corrected chi connectivity index (χ0v) is 7.42. The average Bonchev–Trinajstić information content (AvgIpc) is 2.09. The number of benzene rings is 1. The molecule has 0 bridgehead atoms. The quantitative estimate of drug-likeness (QED) is 0.618. The van der Waals surface area contributed by atoms with Crippen LogP contribution in [-0.2, 0) is 17.8 Å². The Morgan fingerprint density at radius 3 is 2.58 bits per heavy atom. The van der Waals surface area contributed by atoms with Crippen molar-refractivity contribution in [2.75, 3.05) is 7.11 Å². The van der Waals surface area contributed by atoms with Crippen molar-refractivity contribution in [3.63, 3.8) is 0 Å². The van der Waals surface area contributed by atoms with E-state index in [0.29, 0.717) is 6.61 Å². The number of ether oxygens (including phenoxy) is 1. The third-order valence-electron chi connectivity index (χ3n) is 1.78. The molecule has 1 aromatic carbocycles. The van der Waals surface area contributed by atoms with E-state index >= 15 is 0 Å². The first-order valence-corrected chi connectivity index (χ1v) is 4.05. The second-order valence-corrected chi connectivity index (χ2v) is 2.69. The van der Waals surface area contributed by atoms with Crippen molar-refractivity contribution in [1.29, 1.82) is 0 Å². The molecule has 0 spiro atoms. The molecule has 0 unspecified atom stereocenters. The maximum atomic E-state index is 5.08. The molecule has 0 aromatic heterocycles. The van der Waals surface area contributed by atoms with Gasteiger partial charge in [-0.05, 0) is 17.5 Å².